The van der Waals surface area contributed by atoms with Gasteiger partial charge in [0.1, 0.15) is 0 Å². The van der Waals surface area contributed by atoms with Crippen molar-refractivity contribution in [3.8, 4) is 0 Å². The van der Waals surface area contributed by atoms with Gasteiger partial charge < -0.3 is 15.4 Å². The molecule has 1 atom stereocenters. The van der Waals surface area contributed by atoms with E-state index in [9.17, 15) is 0 Å². The van der Waals surface area contributed by atoms with Crippen LogP contribution in [0.3, 0.4) is 0 Å². The second kappa shape index (κ2) is 11.1. The van der Waals surface area contributed by atoms with Crippen LogP contribution in [0, 0.1) is 0 Å². The molecule has 2 heterocycles. The zero-order valence-corrected chi connectivity index (χ0v) is 18.6. The molecule has 2 N–H and O–H groups in total. The van der Waals surface area contributed by atoms with Crippen LogP contribution < -0.4 is 10.6 Å². The molecule has 1 saturated carbocycles. The lowest BCUT2D eigenvalue weighted by Gasteiger charge is -2.26. The number of aliphatic imine (C=N–C) groups is 1. The van der Waals surface area contributed by atoms with Gasteiger partial charge in [-0.1, -0.05) is 37.1 Å². The number of rotatable bonds is 7. The number of morpholine rings is 1. The van der Waals surface area contributed by atoms with Gasteiger partial charge in [0.15, 0.2) is 5.96 Å². The SMILES string of the molecule is CCNC(=NCc1cccc(CN2CCOCC2)c1)NC1CCN(C2CCCC2)C1. The fourth-order valence-electron chi connectivity index (χ4n) is 5.03. The molecule has 3 fully saturated rings. The van der Waals surface area contributed by atoms with Gasteiger partial charge in [-0.2, -0.15) is 0 Å². The van der Waals surface area contributed by atoms with E-state index in [1.807, 2.05) is 0 Å². The normalized spacial score (nSPS) is 24.4. The van der Waals surface area contributed by atoms with Gasteiger partial charge in [0.25, 0.3) is 0 Å². The first-order valence-electron chi connectivity index (χ1n) is 12.0. The number of ether oxygens (including phenoxy) is 1. The van der Waals surface area contributed by atoms with Crippen LogP contribution >= 0.6 is 0 Å². The first-order valence-corrected chi connectivity index (χ1v) is 12.0. The minimum atomic E-state index is 0.510. The molecule has 2 aliphatic heterocycles. The quantitative estimate of drug-likeness (QED) is 0.532. The van der Waals surface area contributed by atoms with Crippen molar-refractivity contribution in [1.29, 1.82) is 0 Å². The second-order valence-corrected chi connectivity index (χ2v) is 8.97. The summed E-state index contributed by atoms with van der Waals surface area (Å²) in [4.78, 5) is 10.1. The average molecular weight is 414 g/mol. The summed E-state index contributed by atoms with van der Waals surface area (Å²) in [5.74, 6) is 0.953. The van der Waals surface area contributed by atoms with E-state index in [0.717, 1.165) is 57.9 Å². The molecule has 0 radical (unpaired) electrons. The van der Waals surface area contributed by atoms with Gasteiger partial charge in [0.2, 0.25) is 0 Å². The molecule has 30 heavy (non-hydrogen) atoms. The Morgan fingerprint density at radius 2 is 1.90 bits per heavy atom. The maximum Gasteiger partial charge on any atom is 0.191 e. The summed E-state index contributed by atoms with van der Waals surface area (Å²) in [5, 5.41) is 7.14. The maximum absolute atomic E-state index is 5.46. The molecule has 2 saturated heterocycles. The summed E-state index contributed by atoms with van der Waals surface area (Å²) >= 11 is 0. The third-order valence-corrected chi connectivity index (χ3v) is 6.67. The number of benzene rings is 1. The molecule has 0 amide bonds. The monoisotopic (exact) mass is 413 g/mol. The van der Waals surface area contributed by atoms with E-state index >= 15 is 0 Å². The molecule has 3 aliphatic rings. The van der Waals surface area contributed by atoms with Crippen molar-refractivity contribution in [1.82, 2.24) is 20.4 Å². The van der Waals surface area contributed by atoms with Gasteiger partial charge >= 0.3 is 0 Å². The fourth-order valence-corrected chi connectivity index (χ4v) is 5.03. The predicted molar refractivity (Wildman–Crippen MR) is 123 cm³/mol. The van der Waals surface area contributed by atoms with Gasteiger partial charge in [-0.05, 0) is 37.3 Å². The van der Waals surface area contributed by atoms with Crippen molar-refractivity contribution < 1.29 is 4.74 Å². The van der Waals surface area contributed by atoms with Crippen molar-refractivity contribution in [2.45, 2.75) is 64.2 Å². The molecule has 1 aromatic carbocycles. The zero-order valence-electron chi connectivity index (χ0n) is 18.6. The van der Waals surface area contributed by atoms with Gasteiger partial charge in [-0.25, -0.2) is 4.99 Å². The minimum Gasteiger partial charge on any atom is -0.379 e. The smallest absolute Gasteiger partial charge is 0.191 e. The van der Waals surface area contributed by atoms with Gasteiger partial charge in [-0.3, -0.25) is 9.80 Å². The average Bonchev–Trinajstić information content (AvgIpc) is 3.45. The Morgan fingerprint density at radius 3 is 2.70 bits per heavy atom. The van der Waals surface area contributed by atoms with Crippen LogP contribution in [0.2, 0.25) is 0 Å². The largest absolute Gasteiger partial charge is 0.379 e. The molecule has 0 spiro atoms. The summed E-state index contributed by atoms with van der Waals surface area (Å²) in [6.45, 7) is 10.9. The Balaban J connectivity index is 1.30. The van der Waals surface area contributed by atoms with E-state index in [2.05, 4.69) is 51.6 Å². The number of nitrogens with one attached hydrogen (secondary N) is 2. The molecule has 6 nitrogen and oxygen atoms in total. The van der Waals surface area contributed by atoms with E-state index in [4.69, 9.17) is 9.73 Å². The lowest BCUT2D eigenvalue weighted by atomic mass is 10.1. The highest BCUT2D eigenvalue weighted by Gasteiger charge is 2.30. The highest BCUT2D eigenvalue weighted by Crippen LogP contribution is 2.26. The highest BCUT2D eigenvalue weighted by molar-refractivity contribution is 5.80. The number of nitrogens with zero attached hydrogens (tertiary/aromatic N) is 3. The first-order chi connectivity index (χ1) is 14.8. The highest BCUT2D eigenvalue weighted by atomic mass is 16.5. The number of hydrogen-bond donors (Lipinski definition) is 2. The summed E-state index contributed by atoms with van der Waals surface area (Å²) in [7, 11) is 0. The van der Waals surface area contributed by atoms with Crippen LogP contribution in [-0.2, 0) is 17.8 Å². The third-order valence-electron chi connectivity index (χ3n) is 6.67. The minimum absolute atomic E-state index is 0.510. The van der Waals surface area contributed by atoms with Crippen molar-refractivity contribution in [3.63, 3.8) is 0 Å². The number of likely N-dealkylation sites (tertiary alicyclic amines) is 1. The molecule has 1 aromatic rings. The van der Waals surface area contributed by atoms with E-state index in [1.54, 1.807) is 0 Å². The second-order valence-electron chi connectivity index (χ2n) is 8.97. The van der Waals surface area contributed by atoms with E-state index in [0.29, 0.717) is 12.6 Å². The lowest BCUT2D eigenvalue weighted by molar-refractivity contribution is 0.0342. The molecule has 0 bridgehead atoms. The lowest BCUT2D eigenvalue weighted by Crippen LogP contribution is -2.45. The van der Waals surface area contributed by atoms with Crippen molar-refractivity contribution >= 4 is 5.96 Å². The zero-order chi connectivity index (χ0) is 20.6. The molecule has 1 unspecified atom stereocenters. The van der Waals surface area contributed by atoms with E-state index in [1.165, 1.54) is 49.8 Å². The molecule has 6 heteroatoms. The van der Waals surface area contributed by atoms with Gasteiger partial charge in [0, 0.05) is 51.4 Å². The third kappa shape index (κ3) is 6.19. The van der Waals surface area contributed by atoms with E-state index < -0.39 is 0 Å². The summed E-state index contributed by atoms with van der Waals surface area (Å²) in [6.07, 6.45) is 6.82. The van der Waals surface area contributed by atoms with Crippen LogP contribution in [0.5, 0.6) is 0 Å². The Morgan fingerprint density at radius 1 is 1.10 bits per heavy atom. The van der Waals surface area contributed by atoms with Crippen molar-refractivity contribution in [2.24, 2.45) is 4.99 Å². The Hall–Kier alpha value is -1.63. The summed E-state index contributed by atoms with van der Waals surface area (Å²) in [5.41, 5.74) is 2.64. The molecule has 166 valence electrons. The van der Waals surface area contributed by atoms with Crippen molar-refractivity contribution in [3.05, 3.63) is 35.4 Å². The first kappa shape index (κ1) is 21.6. The summed E-state index contributed by atoms with van der Waals surface area (Å²) in [6, 6.07) is 10.2. The van der Waals surface area contributed by atoms with Crippen LogP contribution in [-0.4, -0.2) is 73.8 Å². The number of guanidine groups is 1. The van der Waals surface area contributed by atoms with Crippen LogP contribution in [0.1, 0.15) is 50.2 Å². The van der Waals surface area contributed by atoms with Crippen LogP contribution in [0.25, 0.3) is 0 Å². The Labute approximate surface area is 182 Å². The summed E-state index contributed by atoms with van der Waals surface area (Å²) < 4.78 is 5.46. The Kier molecular flexibility index (Phi) is 8.01. The molecule has 0 aromatic heterocycles. The molecule has 4 rings (SSSR count). The fraction of sp³-hybridized carbons (Fsp3) is 0.708. The van der Waals surface area contributed by atoms with Gasteiger partial charge in [0.05, 0.1) is 19.8 Å². The van der Waals surface area contributed by atoms with E-state index in [-0.39, 0.29) is 0 Å². The predicted octanol–water partition coefficient (Wildman–Crippen LogP) is 2.59. The molecule has 1 aliphatic carbocycles. The van der Waals surface area contributed by atoms with Crippen LogP contribution in [0.4, 0.5) is 0 Å². The molecular formula is C24H39N5O. The van der Waals surface area contributed by atoms with Gasteiger partial charge in [-0.15, -0.1) is 0 Å². The topological polar surface area (TPSA) is 52.1 Å². The van der Waals surface area contributed by atoms with Crippen LogP contribution in [0.15, 0.2) is 29.3 Å². The maximum atomic E-state index is 5.46. The Bertz CT molecular complexity index is 682. The number of hydrogen-bond acceptors (Lipinski definition) is 4. The standard InChI is InChI=1S/C24H39N5O/c1-2-25-24(27-22-10-11-29(19-22)23-8-3-4-9-23)26-17-20-6-5-7-21(16-20)18-28-12-14-30-15-13-28/h5-7,16,22-23H,2-4,8-15,17-19H2,1H3,(H2,25,26,27). The van der Waals surface area contributed by atoms with Crippen molar-refractivity contribution in [2.75, 3.05) is 45.9 Å². The molecular weight excluding hydrogens is 374 g/mol.